The SMILES string of the molecule is CC(C)(C)OC(=O)NC1(N)C=CC(c2ccccc2)=CC1. The summed E-state index contributed by atoms with van der Waals surface area (Å²) in [6, 6.07) is 10.1. The molecule has 0 aliphatic heterocycles. The van der Waals surface area contributed by atoms with Crippen LogP contribution in [0.5, 0.6) is 0 Å². The van der Waals surface area contributed by atoms with Crippen molar-refractivity contribution in [1.82, 2.24) is 5.32 Å². The van der Waals surface area contributed by atoms with E-state index in [1.165, 1.54) is 0 Å². The van der Waals surface area contributed by atoms with E-state index in [0.717, 1.165) is 11.1 Å². The van der Waals surface area contributed by atoms with Crippen LogP contribution in [-0.2, 0) is 4.74 Å². The van der Waals surface area contributed by atoms with Gasteiger partial charge in [-0.1, -0.05) is 42.5 Å². The molecule has 4 heteroatoms. The zero-order valence-corrected chi connectivity index (χ0v) is 12.7. The third-order valence-electron chi connectivity index (χ3n) is 3.06. The lowest BCUT2D eigenvalue weighted by atomic mass is 9.93. The van der Waals surface area contributed by atoms with Crippen LogP contribution in [0.1, 0.15) is 32.8 Å². The molecule has 1 atom stereocenters. The molecule has 0 saturated carbocycles. The molecule has 1 aliphatic carbocycles. The second-order valence-electron chi connectivity index (χ2n) is 6.23. The molecule has 112 valence electrons. The third-order valence-corrected chi connectivity index (χ3v) is 3.06. The van der Waals surface area contributed by atoms with Gasteiger partial charge in [0.25, 0.3) is 0 Å². The summed E-state index contributed by atoms with van der Waals surface area (Å²) in [5, 5.41) is 2.71. The maximum absolute atomic E-state index is 11.8. The van der Waals surface area contributed by atoms with Gasteiger partial charge in [-0.3, -0.25) is 5.32 Å². The van der Waals surface area contributed by atoms with Crippen LogP contribution in [0.15, 0.2) is 48.6 Å². The van der Waals surface area contributed by atoms with E-state index in [-0.39, 0.29) is 0 Å². The maximum atomic E-state index is 11.8. The molecule has 4 nitrogen and oxygen atoms in total. The number of rotatable bonds is 2. The maximum Gasteiger partial charge on any atom is 0.409 e. The first-order valence-electron chi connectivity index (χ1n) is 7.02. The smallest absolute Gasteiger partial charge is 0.409 e. The van der Waals surface area contributed by atoms with Crippen LogP contribution in [0.3, 0.4) is 0 Å². The Hall–Kier alpha value is -2.07. The number of benzene rings is 1. The molecular formula is C17H22N2O2. The lowest BCUT2D eigenvalue weighted by molar-refractivity contribution is 0.0480. The van der Waals surface area contributed by atoms with Crippen LogP contribution >= 0.6 is 0 Å². The van der Waals surface area contributed by atoms with Crippen LogP contribution < -0.4 is 11.1 Å². The molecule has 0 heterocycles. The molecule has 0 radical (unpaired) electrons. The van der Waals surface area contributed by atoms with E-state index < -0.39 is 17.4 Å². The fourth-order valence-electron chi connectivity index (χ4n) is 2.08. The van der Waals surface area contributed by atoms with Crippen LogP contribution in [0.4, 0.5) is 4.79 Å². The number of allylic oxidation sites excluding steroid dienone is 2. The minimum atomic E-state index is -0.902. The first kappa shape index (κ1) is 15.3. The number of nitrogens with two attached hydrogens (primary N) is 1. The van der Waals surface area contributed by atoms with Crippen molar-refractivity contribution in [3.05, 3.63) is 54.1 Å². The minimum Gasteiger partial charge on any atom is -0.444 e. The average molecular weight is 286 g/mol. The van der Waals surface area contributed by atoms with Gasteiger partial charge in [0.05, 0.1) is 0 Å². The number of alkyl carbamates (subject to hydrolysis) is 1. The molecular weight excluding hydrogens is 264 g/mol. The van der Waals surface area contributed by atoms with E-state index in [0.29, 0.717) is 6.42 Å². The van der Waals surface area contributed by atoms with Crippen molar-refractivity contribution in [2.24, 2.45) is 5.73 Å². The zero-order valence-electron chi connectivity index (χ0n) is 12.7. The summed E-state index contributed by atoms with van der Waals surface area (Å²) < 4.78 is 5.23. The van der Waals surface area contributed by atoms with Gasteiger partial charge in [0.1, 0.15) is 11.3 Å². The van der Waals surface area contributed by atoms with Gasteiger partial charge in [-0.15, -0.1) is 0 Å². The van der Waals surface area contributed by atoms with Gasteiger partial charge in [-0.05, 0) is 38.0 Å². The molecule has 0 bridgehead atoms. The average Bonchev–Trinajstić information content (AvgIpc) is 2.37. The van der Waals surface area contributed by atoms with Crippen LogP contribution in [-0.4, -0.2) is 17.4 Å². The van der Waals surface area contributed by atoms with Gasteiger partial charge < -0.3 is 10.5 Å². The van der Waals surface area contributed by atoms with E-state index >= 15 is 0 Å². The molecule has 0 aromatic heterocycles. The number of hydrogen-bond donors (Lipinski definition) is 2. The molecule has 0 spiro atoms. The summed E-state index contributed by atoms with van der Waals surface area (Å²) >= 11 is 0. The second kappa shape index (κ2) is 5.74. The topological polar surface area (TPSA) is 64.3 Å². The van der Waals surface area contributed by atoms with Crippen molar-refractivity contribution in [2.75, 3.05) is 0 Å². The predicted molar refractivity (Wildman–Crippen MR) is 84.5 cm³/mol. The van der Waals surface area contributed by atoms with Crippen molar-refractivity contribution in [2.45, 2.75) is 38.5 Å². The standard InChI is InChI=1S/C17H22N2O2/c1-16(2,3)21-15(20)19-17(18)11-9-14(10-12-17)13-7-5-4-6-8-13/h4-11H,12,18H2,1-3H3,(H,19,20). The number of carbonyl (C=O) groups excluding carboxylic acids is 1. The van der Waals surface area contributed by atoms with Crippen LogP contribution in [0.25, 0.3) is 5.57 Å². The molecule has 1 aromatic carbocycles. The first-order chi connectivity index (χ1) is 9.77. The quantitative estimate of drug-likeness (QED) is 0.820. The normalized spacial score (nSPS) is 21.6. The van der Waals surface area contributed by atoms with Crippen molar-refractivity contribution in [1.29, 1.82) is 0 Å². The van der Waals surface area contributed by atoms with Gasteiger partial charge in [0.2, 0.25) is 0 Å². The summed E-state index contributed by atoms with van der Waals surface area (Å²) in [6.07, 6.45) is 5.76. The molecule has 0 saturated heterocycles. The lowest BCUT2D eigenvalue weighted by Crippen LogP contribution is -2.55. The number of ether oxygens (including phenoxy) is 1. The predicted octanol–water partition coefficient (Wildman–Crippen LogP) is 3.21. The van der Waals surface area contributed by atoms with Gasteiger partial charge in [-0.25, -0.2) is 4.79 Å². The Bertz CT molecular complexity index is 570. The van der Waals surface area contributed by atoms with Crippen molar-refractivity contribution in [3.63, 3.8) is 0 Å². The summed E-state index contributed by atoms with van der Waals surface area (Å²) in [5.41, 5.74) is 6.97. The van der Waals surface area contributed by atoms with E-state index in [1.807, 2.05) is 63.3 Å². The number of nitrogens with one attached hydrogen (secondary N) is 1. The monoisotopic (exact) mass is 286 g/mol. The summed E-state index contributed by atoms with van der Waals surface area (Å²) in [5.74, 6) is 0. The van der Waals surface area contributed by atoms with Crippen molar-refractivity contribution < 1.29 is 9.53 Å². The highest BCUT2D eigenvalue weighted by Crippen LogP contribution is 2.24. The lowest BCUT2D eigenvalue weighted by Gasteiger charge is -2.30. The molecule has 21 heavy (non-hydrogen) atoms. The highest BCUT2D eigenvalue weighted by Gasteiger charge is 2.28. The second-order valence-corrected chi connectivity index (χ2v) is 6.23. The van der Waals surface area contributed by atoms with E-state index in [2.05, 4.69) is 5.32 Å². The van der Waals surface area contributed by atoms with Crippen molar-refractivity contribution in [3.8, 4) is 0 Å². The number of amides is 1. The highest BCUT2D eigenvalue weighted by atomic mass is 16.6. The Kier molecular flexibility index (Phi) is 4.19. The fraction of sp³-hybridized carbons (Fsp3) is 0.353. The third kappa shape index (κ3) is 4.46. The molecule has 1 aliphatic rings. The zero-order chi connectivity index (χ0) is 15.5. The fourth-order valence-corrected chi connectivity index (χ4v) is 2.08. The first-order valence-corrected chi connectivity index (χ1v) is 7.02. The summed E-state index contributed by atoms with van der Waals surface area (Å²) in [6.45, 7) is 5.46. The van der Waals surface area contributed by atoms with E-state index in [1.54, 1.807) is 6.08 Å². The molecule has 1 unspecified atom stereocenters. The van der Waals surface area contributed by atoms with Crippen LogP contribution in [0, 0.1) is 0 Å². The van der Waals surface area contributed by atoms with E-state index in [4.69, 9.17) is 10.5 Å². The Labute approximate surface area is 125 Å². The molecule has 1 aromatic rings. The van der Waals surface area contributed by atoms with Gasteiger partial charge in [0.15, 0.2) is 0 Å². The van der Waals surface area contributed by atoms with Gasteiger partial charge in [0, 0.05) is 6.42 Å². The van der Waals surface area contributed by atoms with Crippen LogP contribution in [0.2, 0.25) is 0 Å². The summed E-state index contributed by atoms with van der Waals surface area (Å²) in [4.78, 5) is 11.8. The molecule has 1 amide bonds. The molecule has 2 rings (SSSR count). The molecule has 0 fully saturated rings. The number of hydrogen-bond acceptors (Lipinski definition) is 3. The largest absolute Gasteiger partial charge is 0.444 e. The van der Waals surface area contributed by atoms with E-state index in [9.17, 15) is 4.79 Å². The summed E-state index contributed by atoms with van der Waals surface area (Å²) in [7, 11) is 0. The molecule has 3 N–H and O–H groups in total. The number of carbonyl (C=O) groups is 1. The van der Waals surface area contributed by atoms with Gasteiger partial charge >= 0.3 is 6.09 Å². The highest BCUT2D eigenvalue weighted by molar-refractivity contribution is 5.76. The Morgan fingerprint density at radius 3 is 2.48 bits per heavy atom. The Morgan fingerprint density at radius 2 is 1.95 bits per heavy atom. The Morgan fingerprint density at radius 1 is 1.29 bits per heavy atom. The Balaban J connectivity index is 2.01. The van der Waals surface area contributed by atoms with Crippen molar-refractivity contribution >= 4 is 11.7 Å². The minimum absolute atomic E-state index is 0.508. The van der Waals surface area contributed by atoms with Gasteiger partial charge in [-0.2, -0.15) is 0 Å².